The normalized spacial score (nSPS) is 16.2. The molecule has 0 aliphatic rings. The fourth-order valence-corrected chi connectivity index (χ4v) is 1.30. The second-order valence-corrected chi connectivity index (χ2v) is 4.80. The second kappa shape index (κ2) is 7.27. The molecule has 0 aromatic carbocycles. The maximum Gasteiger partial charge on any atom is 0.242 e. The molecule has 0 bridgehead atoms. The van der Waals surface area contributed by atoms with Gasteiger partial charge in [0.15, 0.2) is 0 Å². The van der Waals surface area contributed by atoms with Crippen LogP contribution in [0.2, 0.25) is 0 Å². The van der Waals surface area contributed by atoms with Gasteiger partial charge in [0.05, 0.1) is 6.04 Å². The summed E-state index contributed by atoms with van der Waals surface area (Å²) < 4.78 is 0. The Labute approximate surface area is 104 Å². The molecule has 100 valence electrons. The molecule has 17 heavy (non-hydrogen) atoms. The van der Waals surface area contributed by atoms with Gasteiger partial charge in [0, 0.05) is 6.04 Å². The number of nitrogens with one attached hydrogen (secondary N) is 2. The van der Waals surface area contributed by atoms with E-state index in [0.29, 0.717) is 0 Å². The third-order valence-electron chi connectivity index (χ3n) is 2.74. The highest BCUT2D eigenvalue weighted by Gasteiger charge is 2.23. The third kappa shape index (κ3) is 5.68. The van der Waals surface area contributed by atoms with Crippen LogP contribution in [0.25, 0.3) is 0 Å². The zero-order valence-corrected chi connectivity index (χ0v) is 11.4. The van der Waals surface area contributed by atoms with Crippen LogP contribution in [0.5, 0.6) is 0 Å². The lowest BCUT2D eigenvalue weighted by atomic mass is 9.99. The zero-order chi connectivity index (χ0) is 13.6. The molecule has 2 amide bonds. The molecular weight excluding hydrogens is 218 g/mol. The minimum absolute atomic E-state index is 0.0603. The molecule has 0 saturated heterocycles. The van der Waals surface area contributed by atoms with Crippen LogP contribution in [-0.4, -0.2) is 29.9 Å². The number of carbonyl (C=O) groups excluding carboxylic acids is 2. The summed E-state index contributed by atoms with van der Waals surface area (Å²) in [7, 11) is 0. The molecule has 4 N–H and O–H groups in total. The summed E-state index contributed by atoms with van der Waals surface area (Å²) in [5.41, 5.74) is 5.78. The Morgan fingerprint density at radius 2 is 1.59 bits per heavy atom. The van der Waals surface area contributed by atoms with Gasteiger partial charge in [-0.15, -0.1) is 0 Å². The highest BCUT2D eigenvalue weighted by molar-refractivity contribution is 5.89. The molecule has 0 aromatic heterocycles. The average molecular weight is 243 g/mol. The monoisotopic (exact) mass is 243 g/mol. The Bertz CT molecular complexity index is 266. The lowest BCUT2D eigenvalue weighted by Gasteiger charge is -2.21. The third-order valence-corrected chi connectivity index (χ3v) is 2.74. The van der Waals surface area contributed by atoms with Crippen molar-refractivity contribution in [1.82, 2.24) is 10.6 Å². The van der Waals surface area contributed by atoms with Crippen LogP contribution in [0.3, 0.4) is 0 Å². The summed E-state index contributed by atoms with van der Waals surface area (Å²) in [6, 6.07) is -1.06. The number of rotatable bonds is 6. The summed E-state index contributed by atoms with van der Waals surface area (Å²) in [5.74, 6) is -0.356. The highest BCUT2D eigenvalue weighted by atomic mass is 16.2. The van der Waals surface area contributed by atoms with Crippen LogP contribution in [0.4, 0.5) is 0 Å². The molecule has 0 rings (SSSR count). The van der Waals surface area contributed by atoms with Gasteiger partial charge in [-0.3, -0.25) is 9.59 Å². The molecule has 0 aromatic rings. The molecule has 2 unspecified atom stereocenters. The summed E-state index contributed by atoms with van der Waals surface area (Å²) in [6.45, 7) is 9.30. The molecule has 5 heteroatoms. The van der Waals surface area contributed by atoms with Crippen LogP contribution in [-0.2, 0) is 9.59 Å². The van der Waals surface area contributed by atoms with E-state index in [2.05, 4.69) is 10.6 Å². The largest absolute Gasteiger partial charge is 0.352 e. The number of hydrogen-bond acceptors (Lipinski definition) is 3. The van der Waals surface area contributed by atoms with Gasteiger partial charge in [0.1, 0.15) is 6.04 Å². The summed E-state index contributed by atoms with van der Waals surface area (Å²) in [4.78, 5) is 23.3. The Kier molecular flexibility index (Phi) is 6.80. The van der Waals surface area contributed by atoms with Crippen molar-refractivity contribution in [3.63, 3.8) is 0 Å². The smallest absolute Gasteiger partial charge is 0.242 e. The van der Waals surface area contributed by atoms with E-state index in [1.807, 2.05) is 27.7 Å². The van der Waals surface area contributed by atoms with Gasteiger partial charge in [0.2, 0.25) is 11.8 Å². The fourth-order valence-electron chi connectivity index (χ4n) is 1.30. The Morgan fingerprint density at radius 1 is 1.06 bits per heavy atom. The van der Waals surface area contributed by atoms with Gasteiger partial charge in [-0.1, -0.05) is 20.3 Å². The van der Waals surface area contributed by atoms with Crippen LogP contribution in [0.15, 0.2) is 0 Å². The first-order valence-corrected chi connectivity index (χ1v) is 6.15. The van der Waals surface area contributed by atoms with Crippen LogP contribution in [0.1, 0.15) is 41.0 Å². The van der Waals surface area contributed by atoms with E-state index in [4.69, 9.17) is 5.73 Å². The minimum Gasteiger partial charge on any atom is -0.352 e. The van der Waals surface area contributed by atoms with Crippen molar-refractivity contribution in [2.45, 2.75) is 59.2 Å². The Hall–Kier alpha value is -1.10. The van der Waals surface area contributed by atoms with Crippen LogP contribution in [0, 0.1) is 5.92 Å². The SMILES string of the molecule is CCC(C)[C@H](N)C(=O)NC(C)C(=O)NC(C)C. The molecule has 3 atom stereocenters. The van der Waals surface area contributed by atoms with Gasteiger partial charge in [0.25, 0.3) is 0 Å². The van der Waals surface area contributed by atoms with Crippen molar-refractivity contribution in [3.8, 4) is 0 Å². The Morgan fingerprint density at radius 3 is 2.00 bits per heavy atom. The van der Waals surface area contributed by atoms with Crippen LogP contribution >= 0.6 is 0 Å². The fraction of sp³-hybridized carbons (Fsp3) is 0.833. The van der Waals surface area contributed by atoms with Crippen molar-refractivity contribution >= 4 is 11.8 Å². The van der Waals surface area contributed by atoms with Gasteiger partial charge in [-0.25, -0.2) is 0 Å². The minimum atomic E-state index is -0.561. The van der Waals surface area contributed by atoms with Gasteiger partial charge < -0.3 is 16.4 Å². The van der Waals surface area contributed by atoms with Crippen molar-refractivity contribution in [1.29, 1.82) is 0 Å². The zero-order valence-electron chi connectivity index (χ0n) is 11.4. The van der Waals surface area contributed by atoms with Crippen molar-refractivity contribution in [3.05, 3.63) is 0 Å². The van der Waals surface area contributed by atoms with Crippen molar-refractivity contribution in [2.24, 2.45) is 11.7 Å². The lowest BCUT2D eigenvalue weighted by molar-refractivity contribution is -0.130. The highest BCUT2D eigenvalue weighted by Crippen LogP contribution is 2.05. The van der Waals surface area contributed by atoms with E-state index >= 15 is 0 Å². The summed E-state index contributed by atoms with van der Waals surface area (Å²) >= 11 is 0. The first-order valence-electron chi connectivity index (χ1n) is 6.15. The van der Waals surface area contributed by atoms with Gasteiger partial charge in [-0.05, 0) is 26.7 Å². The number of carbonyl (C=O) groups is 2. The Balaban J connectivity index is 4.24. The lowest BCUT2D eigenvalue weighted by Crippen LogP contribution is -2.52. The molecular formula is C12H25N3O2. The quantitative estimate of drug-likeness (QED) is 0.631. The summed E-state index contributed by atoms with van der Waals surface area (Å²) in [5, 5.41) is 5.36. The molecule has 0 aliphatic carbocycles. The number of amides is 2. The molecule has 0 spiro atoms. The topological polar surface area (TPSA) is 84.2 Å². The van der Waals surface area contributed by atoms with Crippen molar-refractivity contribution in [2.75, 3.05) is 0 Å². The van der Waals surface area contributed by atoms with E-state index in [1.165, 1.54) is 0 Å². The number of hydrogen-bond donors (Lipinski definition) is 3. The maximum absolute atomic E-state index is 11.7. The van der Waals surface area contributed by atoms with Gasteiger partial charge >= 0.3 is 0 Å². The maximum atomic E-state index is 11.7. The molecule has 0 fully saturated rings. The predicted molar refractivity (Wildman–Crippen MR) is 68.3 cm³/mol. The van der Waals surface area contributed by atoms with E-state index in [-0.39, 0.29) is 23.8 Å². The van der Waals surface area contributed by atoms with E-state index in [9.17, 15) is 9.59 Å². The second-order valence-electron chi connectivity index (χ2n) is 4.80. The molecule has 0 heterocycles. The first-order chi connectivity index (χ1) is 7.79. The van der Waals surface area contributed by atoms with Gasteiger partial charge in [-0.2, -0.15) is 0 Å². The van der Waals surface area contributed by atoms with Crippen molar-refractivity contribution < 1.29 is 9.59 Å². The molecule has 5 nitrogen and oxygen atoms in total. The standard InChI is InChI=1S/C12H25N3O2/c1-6-8(4)10(13)12(17)15-9(5)11(16)14-7(2)3/h7-10H,6,13H2,1-5H3,(H,14,16)(H,15,17)/t8?,9?,10-/m0/s1. The van der Waals surface area contributed by atoms with E-state index in [0.717, 1.165) is 6.42 Å². The van der Waals surface area contributed by atoms with E-state index < -0.39 is 12.1 Å². The summed E-state index contributed by atoms with van der Waals surface area (Å²) in [6.07, 6.45) is 0.834. The number of nitrogens with two attached hydrogens (primary N) is 1. The molecule has 0 radical (unpaired) electrons. The predicted octanol–water partition coefficient (Wildman–Crippen LogP) is 0.389. The first kappa shape index (κ1) is 15.9. The molecule has 0 saturated carbocycles. The van der Waals surface area contributed by atoms with E-state index in [1.54, 1.807) is 6.92 Å². The van der Waals surface area contributed by atoms with Crippen LogP contribution < -0.4 is 16.4 Å². The molecule has 0 aliphatic heterocycles. The average Bonchev–Trinajstić information content (AvgIpc) is 2.25.